The van der Waals surface area contributed by atoms with E-state index in [1.54, 1.807) is 12.3 Å². The van der Waals surface area contributed by atoms with Crippen molar-refractivity contribution in [1.29, 1.82) is 0 Å². The van der Waals surface area contributed by atoms with Crippen molar-refractivity contribution in [3.8, 4) is 0 Å². The molecule has 10 heavy (non-hydrogen) atoms. The third kappa shape index (κ3) is 2.05. The van der Waals surface area contributed by atoms with Crippen molar-refractivity contribution in [1.82, 2.24) is 4.98 Å². The Morgan fingerprint density at radius 3 is 3.00 bits per heavy atom. The number of anilines is 1. The van der Waals surface area contributed by atoms with Crippen LogP contribution in [0.2, 0.25) is 0 Å². The quantitative estimate of drug-likeness (QED) is 0.675. The molecule has 0 spiro atoms. The maximum atomic E-state index is 10.0. The topological polar surface area (TPSA) is 65.0 Å². The van der Waals surface area contributed by atoms with E-state index < -0.39 is 11.3 Å². The Hall–Kier alpha value is -0.460. The van der Waals surface area contributed by atoms with Gasteiger partial charge in [-0.3, -0.25) is 8.93 Å². The number of hydrogen-bond acceptors (Lipinski definition) is 4. The van der Waals surface area contributed by atoms with E-state index in [-0.39, 0.29) is 0 Å². The second-order valence-electron chi connectivity index (χ2n) is 1.63. The van der Waals surface area contributed by atoms with Gasteiger partial charge >= 0.3 is 0 Å². The lowest BCUT2D eigenvalue weighted by Gasteiger charge is -2.02. The molecule has 1 unspecified atom stereocenters. The predicted octanol–water partition coefficient (Wildman–Crippen LogP) is 0.658. The van der Waals surface area contributed by atoms with Crippen LogP contribution < -0.4 is 4.72 Å². The molecule has 0 aliphatic carbocycles. The molecule has 0 aromatic carbocycles. The number of rotatable bonds is 2. The summed E-state index contributed by atoms with van der Waals surface area (Å²) < 4.78 is 22.2. The average molecular weight is 177 g/mol. The van der Waals surface area contributed by atoms with Gasteiger partial charge in [0.15, 0.2) is 5.13 Å². The van der Waals surface area contributed by atoms with Crippen molar-refractivity contribution >= 4 is 27.7 Å². The van der Waals surface area contributed by atoms with Gasteiger partial charge in [-0.1, -0.05) is 0 Å². The Morgan fingerprint density at radius 2 is 2.60 bits per heavy atom. The zero-order valence-electron chi connectivity index (χ0n) is 5.16. The molecule has 0 radical (unpaired) electrons. The average Bonchev–Trinajstić information content (AvgIpc) is 2.13. The van der Waals surface area contributed by atoms with E-state index in [9.17, 15) is 8.76 Å². The van der Waals surface area contributed by atoms with Crippen LogP contribution in [0.25, 0.3) is 0 Å². The number of nitrogens with one attached hydrogen (secondary N) is 1. The fourth-order valence-electron chi connectivity index (χ4n) is 0.472. The molecule has 0 aliphatic rings. The second-order valence-corrected chi connectivity index (χ2v) is 3.16. The first-order chi connectivity index (χ1) is 4.68. The molecule has 1 heterocycles. The number of aryl methyl sites for hydroxylation is 1. The summed E-state index contributed by atoms with van der Waals surface area (Å²) in [7, 11) is 0. The SMILES string of the molecule is Cc1csc(NS(=O)[O-])n1. The van der Waals surface area contributed by atoms with Gasteiger partial charge in [-0.15, -0.1) is 11.3 Å². The summed E-state index contributed by atoms with van der Waals surface area (Å²) in [4.78, 5) is 3.87. The minimum absolute atomic E-state index is 0.408. The summed E-state index contributed by atoms with van der Waals surface area (Å²) in [5, 5.41) is 2.18. The van der Waals surface area contributed by atoms with Gasteiger partial charge < -0.3 is 4.55 Å². The van der Waals surface area contributed by atoms with Crippen LogP contribution >= 0.6 is 11.3 Å². The Balaban J connectivity index is 2.67. The predicted molar refractivity (Wildman–Crippen MR) is 39.4 cm³/mol. The molecule has 56 valence electrons. The Labute approximate surface area is 64.7 Å². The molecule has 1 N–H and O–H groups in total. The van der Waals surface area contributed by atoms with E-state index in [1.165, 1.54) is 11.3 Å². The minimum Gasteiger partial charge on any atom is -0.755 e. The molecule has 1 aromatic heterocycles. The van der Waals surface area contributed by atoms with Crippen molar-refractivity contribution in [3.05, 3.63) is 11.1 Å². The minimum atomic E-state index is -2.26. The van der Waals surface area contributed by atoms with Crippen LogP contribution in [0, 0.1) is 6.92 Å². The van der Waals surface area contributed by atoms with Gasteiger partial charge in [-0.05, 0) is 6.92 Å². The third-order valence-electron chi connectivity index (χ3n) is 0.790. The van der Waals surface area contributed by atoms with E-state index in [4.69, 9.17) is 0 Å². The molecule has 0 bridgehead atoms. The molecule has 1 atom stereocenters. The highest BCUT2D eigenvalue weighted by molar-refractivity contribution is 7.80. The van der Waals surface area contributed by atoms with Gasteiger partial charge in [0.05, 0.1) is 5.69 Å². The van der Waals surface area contributed by atoms with Gasteiger partial charge in [0.1, 0.15) is 0 Å². The normalized spacial score (nSPS) is 13.0. The highest BCUT2D eigenvalue weighted by atomic mass is 32.2. The van der Waals surface area contributed by atoms with Crippen molar-refractivity contribution < 1.29 is 8.76 Å². The molecule has 0 amide bonds. The zero-order chi connectivity index (χ0) is 7.56. The van der Waals surface area contributed by atoms with Crippen molar-refractivity contribution in [2.24, 2.45) is 0 Å². The van der Waals surface area contributed by atoms with Gasteiger partial charge in [0, 0.05) is 16.6 Å². The van der Waals surface area contributed by atoms with Crippen LogP contribution in [-0.4, -0.2) is 13.7 Å². The smallest absolute Gasteiger partial charge is 0.193 e. The summed E-state index contributed by atoms with van der Waals surface area (Å²) >= 11 is -0.993. The molecule has 0 saturated heterocycles. The first-order valence-electron chi connectivity index (χ1n) is 2.46. The standard InChI is InChI=1S/C4H6N2O2S2/c1-3-2-9-4(5-3)6-10(7)8/h2H,1H3,(H,5,6)(H,7,8)/p-1. The molecule has 6 heteroatoms. The Bertz CT molecular complexity index is 247. The van der Waals surface area contributed by atoms with Gasteiger partial charge in [-0.25, -0.2) is 4.98 Å². The van der Waals surface area contributed by atoms with E-state index in [0.29, 0.717) is 5.13 Å². The number of thiazole rings is 1. The highest BCUT2D eigenvalue weighted by Crippen LogP contribution is 2.13. The second kappa shape index (κ2) is 3.09. The van der Waals surface area contributed by atoms with Crippen molar-refractivity contribution in [2.45, 2.75) is 6.92 Å². The van der Waals surface area contributed by atoms with Gasteiger partial charge in [0.2, 0.25) is 0 Å². The molecule has 1 aromatic rings. The lowest BCUT2D eigenvalue weighted by molar-refractivity contribution is 0.542. The maximum Gasteiger partial charge on any atom is 0.193 e. The van der Waals surface area contributed by atoms with Crippen LogP contribution in [0.15, 0.2) is 5.38 Å². The van der Waals surface area contributed by atoms with Crippen LogP contribution in [0.5, 0.6) is 0 Å². The number of hydrogen-bond donors (Lipinski definition) is 1. The van der Waals surface area contributed by atoms with Crippen LogP contribution in [-0.2, 0) is 11.3 Å². The molecule has 1 rings (SSSR count). The van der Waals surface area contributed by atoms with Crippen LogP contribution in [0.4, 0.5) is 5.13 Å². The summed E-state index contributed by atoms with van der Waals surface area (Å²) in [5.74, 6) is 0. The largest absolute Gasteiger partial charge is 0.755 e. The van der Waals surface area contributed by atoms with E-state index in [0.717, 1.165) is 5.69 Å². The lowest BCUT2D eigenvalue weighted by atomic mass is 10.6. The fraction of sp³-hybridized carbons (Fsp3) is 0.250. The van der Waals surface area contributed by atoms with Gasteiger partial charge in [-0.2, -0.15) is 0 Å². The van der Waals surface area contributed by atoms with Crippen molar-refractivity contribution in [2.75, 3.05) is 4.72 Å². The van der Waals surface area contributed by atoms with Gasteiger partial charge in [0.25, 0.3) is 0 Å². The molecule has 0 saturated carbocycles. The Kier molecular flexibility index (Phi) is 2.36. The summed E-state index contributed by atoms with van der Waals surface area (Å²) in [5.41, 5.74) is 0.818. The molecular formula is C4H5N2O2S2-. The highest BCUT2D eigenvalue weighted by Gasteiger charge is 1.94. The van der Waals surface area contributed by atoms with E-state index in [2.05, 4.69) is 9.71 Å². The first-order valence-corrected chi connectivity index (χ1v) is 4.42. The Morgan fingerprint density at radius 1 is 1.90 bits per heavy atom. The summed E-state index contributed by atoms with van der Waals surface area (Å²) in [6.45, 7) is 1.80. The lowest BCUT2D eigenvalue weighted by Crippen LogP contribution is -2.01. The van der Waals surface area contributed by atoms with Crippen molar-refractivity contribution in [3.63, 3.8) is 0 Å². The monoisotopic (exact) mass is 177 g/mol. The summed E-state index contributed by atoms with van der Waals surface area (Å²) in [6.07, 6.45) is 0. The van der Waals surface area contributed by atoms with E-state index >= 15 is 0 Å². The molecule has 0 fully saturated rings. The molecule has 4 nitrogen and oxygen atoms in total. The number of aromatic nitrogens is 1. The molecular weight excluding hydrogens is 172 g/mol. The molecule has 0 aliphatic heterocycles. The zero-order valence-corrected chi connectivity index (χ0v) is 6.79. The number of nitrogens with zero attached hydrogens (tertiary/aromatic N) is 1. The third-order valence-corrected chi connectivity index (χ3v) is 2.15. The first kappa shape index (κ1) is 7.64. The summed E-state index contributed by atoms with van der Waals surface area (Å²) in [6, 6.07) is 0. The maximum absolute atomic E-state index is 10.0. The van der Waals surface area contributed by atoms with E-state index in [1.807, 2.05) is 0 Å². The fourth-order valence-corrected chi connectivity index (χ4v) is 1.59. The van der Waals surface area contributed by atoms with Crippen LogP contribution in [0.1, 0.15) is 5.69 Å². The van der Waals surface area contributed by atoms with Crippen LogP contribution in [0.3, 0.4) is 0 Å².